The van der Waals surface area contributed by atoms with E-state index in [4.69, 9.17) is 4.74 Å². The predicted octanol–water partition coefficient (Wildman–Crippen LogP) is 5.28. The molecule has 3 aliphatic carbocycles. The summed E-state index contributed by atoms with van der Waals surface area (Å²) in [6, 6.07) is 4.10. The van der Waals surface area contributed by atoms with Crippen molar-refractivity contribution in [2.24, 2.45) is 23.2 Å². The third-order valence-electron chi connectivity index (χ3n) is 7.71. The minimum absolute atomic E-state index is 0.303. The molecule has 2 nitrogen and oxygen atoms in total. The van der Waals surface area contributed by atoms with E-state index in [1.54, 1.807) is 7.11 Å². The molecule has 0 bridgehead atoms. The van der Waals surface area contributed by atoms with E-state index in [1.807, 2.05) is 6.07 Å². The lowest BCUT2D eigenvalue weighted by molar-refractivity contribution is 0.0273. The molecule has 0 heterocycles. The summed E-state index contributed by atoms with van der Waals surface area (Å²) in [5.74, 6) is 4.31. The number of phenols is 1. The number of ether oxygens (including phenoxy) is 1. The van der Waals surface area contributed by atoms with Crippen LogP contribution < -0.4 is 4.74 Å². The highest BCUT2D eigenvalue weighted by molar-refractivity contribution is 5.49. The molecule has 2 fully saturated rings. The van der Waals surface area contributed by atoms with Crippen LogP contribution in [0.3, 0.4) is 0 Å². The molecule has 0 spiro atoms. The largest absolute Gasteiger partial charge is 0.504 e. The zero-order valence-corrected chi connectivity index (χ0v) is 14.8. The van der Waals surface area contributed by atoms with Crippen LogP contribution in [-0.2, 0) is 6.42 Å². The summed E-state index contributed by atoms with van der Waals surface area (Å²) in [6.45, 7) is 4.97. The highest BCUT2D eigenvalue weighted by atomic mass is 16.5. The van der Waals surface area contributed by atoms with E-state index in [2.05, 4.69) is 19.9 Å². The second-order valence-corrected chi connectivity index (χ2v) is 8.37. The topological polar surface area (TPSA) is 29.5 Å². The van der Waals surface area contributed by atoms with Crippen LogP contribution in [-0.4, -0.2) is 12.2 Å². The highest BCUT2D eigenvalue weighted by Gasteiger charge is 2.54. The Morgan fingerprint density at radius 2 is 2.04 bits per heavy atom. The zero-order valence-electron chi connectivity index (χ0n) is 14.8. The van der Waals surface area contributed by atoms with E-state index in [0.29, 0.717) is 22.8 Å². The predicted molar refractivity (Wildman–Crippen MR) is 93.1 cm³/mol. The third-order valence-corrected chi connectivity index (χ3v) is 7.71. The van der Waals surface area contributed by atoms with Gasteiger partial charge in [-0.15, -0.1) is 0 Å². The number of aryl methyl sites for hydroxylation is 1. The van der Waals surface area contributed by atoms with E-state index in [0.717, 1.165) is 24.2 Å². The molecule has 23 heavy (non-hydrogen) atoms. The molecule has 3 aliphatic rings. The van der Waals surface area contributed by atoms with Gasteiger partial charge in [-0.25, -0.2) is 0 Å². The minimum atomic E-state index is 0.303. The Hall–Kier alpha value is -1.18. The van der Waals surface area contributed by atoms with Gasteiger partial charge in [0.15, 0.2) is 11.5 Å². The van der Waals surface area contributed by atoms with Crippen LogP contribution in [0.2, 0.25) is 0 Å². The molecule has 1 aromatic carbocycles. The molecule has 2 heteroatoms. The van der Waals surface area contributed by atoms with Gasteiger partial charge in [0.05, 0.1) is 7.11 Å². The second-order valence-electron chi connectivity index (χ2n) is 8.37. The third kappa shape index (κ3) is 2.13. The van der Waals surface area contributed by atoms with Crippen molar-refractivity contribution in [2.75, 3.05) is 7.11 Å². The average Bonchev–Trinajstić information content (AvgIpc) is 2.90. The van der Waals surface area contributed by atoms with Crippen LogP contribution in [0.5, 0.6) is 11.5 Å². The zero-order chi connectivity index (χ0) is 16.2. The summed E-state index contributed by atoms with van der Waals surface area (Å²) in [5, 5.41) is 10.1. The molecule has 0 amide bonds. The molecule has 126 valence electrons. The maximum absolute atomic E-state index is 10.1. The Balaban J connectivity index is 1.70. The van der Waals surface area contributed by atoms with Crippen molar-refractivity contribution >= 4 is 0 Å². The molecule has 1 aromatic rings. The highest BCUT2D eigenvalue weighted by Crippen LogP contribution is 2.63. The standard InChI is InChI=1S/C21H30O2/c1-4-14-6-8-18-16-7-5-13-11-19(22)20(23-3)12-17(13)15(16)9-10-21(14,18)2/h11-12,14-16,18,22H,4-10H2,1-3H3/t14-,15-,16+,18-,21+/m0/s1. The average molecular weight is 314 g/mol. The van der Waals surface area contributed by atoms with E-state index < -0.39 is 0 Å². The van der Waals surface area contributed by atoms with Gasteiger partial charge in [0, 0.05) is 0 Å². The smallest absolute Gasteiger partial charge is 0.160 e. The molecule has 1 N–H and O–H groups in total. The van der Waals surface area contributed by atoms with Gasteiger partial charge in [-0.05, 0) is 90.9 Å². The molecule has 0 radical (unpaired) electrons. The lowest BCUT2D eigenvalue weighted by Crippen LogP contribution is -2.42. The number of fused-ring (bicyclic) bond motifs is 5. The van der Waals surface area contributed by atoms with Gasteiger partial charge in [0.25, 0.3) is 0 Å². The first-order chi connectivity index (χ1) is 11.1. The Kier molecular flexibility index (Phi) is 3.62. The van der Waals surface area contributed by atoms with Gasteiger partial charge < -0.3 is 9.84 Å². The van der Waals surface area contributed by atoms with E-state index >= 15 is 0 Å². The van der Waals surface area contributed by atoms with Gasteiger partial charge in [-0.3, -0.25) is 0 Å². The lowest BCUT2D eigenvalue weighted by Gasteiger charge is -2.51. The van der Waals surface area contributed by atoms with Crippen LogP contribution in [0, 0.1) is 23.2 Å². The van der Waals surface area contributed by atoms with Gasteiger partial charge >= 0.3 is 0 Å². The van der Waals surface area contributed by atoms with Crippen molar-refractivity contribution in [3.63, 3.8) is 0 Å². The Labute approximate surface area is 140 Å². The summed E-state index contributed by atoms with van der Waals surface area (Å²) in [7, 11) is 1.66. The molecule has 0 aromatic heterocycles. The first-order valence-electron chi connectivity index (χ1n) is 9.48. The maximum Gasteiger partial charge on any atom is 0.160 e. The minimum Gasteiger partial charge on any atom is -0.504 e. The molecule has 4 rings (SSSR count). The normalized spacial score (nSPS) is 38.6. The number of methoxy groups -OCH3 is 1. The Bertz CT molecular complexity index is 608. The number of phenolic OH excluding ortho intramolecular Hbond substituents is 1. The van der Waals surface area contributed by atoms with Crippen LogP contribution in [0.1, 0.15) is 69.4 Å². The summed E-state index contributed by atoms with van der Waals surface area (Å²) < 4.78 is 5.38. The van der Waals surface area contributed by atoms with E-state index in [9.17, 15) is 5.11 Å². The first kappa shape index (κ1) is 15.4. The SMILES string of the molecule is CC[C@H]1CC[C@H]2[C@@H]3CCc4cc(O)c(OC)cc4[C@H]3CC[C@]12C. The fraction of sp³-hybridized carbons (Fsp3) is 0.714. The van der Waals surface area contributed by atoms with Crippen molar-refractivity contribution in [3.8, 4) is 11.5 Å². The monoisotopic (exact) mass is 314 g/mol. The molecule has 2 saturated carbocycles. The molecule has 0 unspecified atom stereocenters. The van der Waals surface area contributed by atoms with E-state index in [-0.39, 0.29) is 0 Å². The van der Waals surface area contributed by atoms with Crippen molar-refractivity contribution in [3.05, 3.63) is 23.3 Å². The number of aromatic hydroxyl groups is 1. The number of hydrogen-bond donors (Lipinski definition) is 1. The van der Waals surface area contributed by atoms with Gasteiger partial charge in [0.1, 0.15) is 0 Å². The van der Waals surface area contributed by atoms with Crippen LogP contribution in [0.4, 0.5) is 0 Å². The fourth-order valence-corrected chi connectivity index (χ4v) is 6.53. The Morgan fingerprint density at radius 3 is 2.78 bits per heavy atom. The van der Waals surface area contributed by atoms with Crippen molar-refractivity contribution in [2.45, 2.75) is 64.7 Å². The number of hydrogen-bond acceptors (Lipinski definition) is 2. The second kappa shape index (κ2) is 5.43. The lowest BCUT2D eigenvalue weighted by atomic mass is 9.54. The molecular weight excluding hydrogens is 284 g/mol. The van der Waals surface area contributed by atoms with Gasteiger partial charge in [-0.1, -0.05) is 20.3 Å². The molecule has 0 aliphatic heterocycles. The van der Waals surface area contributed by atoms with Crippen molar-refractivity contribution < 1.29 is 9.84 Å². The Morgan fingerprint density at radius 1 is 1.22 bits per heavy atom. The quantitative estimate of drug-likeness (QED) is 0.804. The van der Waals surface area contributed by atoms with Crippen molar-refractivity contribution in [1.29, 1.82) is 0 Å². The van der Waals surface area contributed by atoms with Crippen molar-refractivity contribution in [1.82, 2.24) is 0 Å². The summed E-state index contributed by atoms with van der Waals surface area (Å²) in [5.41, 5.74) is 3.41. The summed E-state index contributed by atoms with van der Waals surface area (Å²) >= 11 is 0. The molecule has 5 atom stereocenters. The summed E-state index contributed by atoms with van der Waals surface area (Å²) in [6.07, 6.45) is 9.34. The van der Waals surface area contributed by atoms with Crippen LogP contribution in [0.25, 0.3) is 0 Å². The maximum atomic E-state index is 10.1. The number of rotatable bonds is 2. The van der Waals surface area contributed by atoms with Gasteiger partial charge in [-0.2, -0.15) is 0 Å². The van der Waals surface area contributed by atoms with Crippen LogP contribution in [0.15, 0.2) is 12.1 Å². The number of benzene rings is 1. The first-order valence-corrected chi connectivity index (χ1v) is 9.48. The van der Waals surface area contributed by atoms with Gasteiger partial charge in [0.2, 0.25) is 0 Å². The molecule has 0 saturated heterocycles. The van der Waals surface area contributed by atoms with E-state index in [1.165, 1.54) is 49.7 Å². The molecular formula is C21H30O2. The van der Waals surface area contributed by atoms with Crippen LogP contribution >= 0.6 is 0 Å². The summed E-state index contributed by atoms with van der Waals surface area (Å²) in [4.78, 5) is 0. The fourth-order valence-electron chi connectivity index (χ4n) is 6.53.